The predicted molar refractivity (Wildman–Crippen MR) is 119 cm³/mol. The number of benzene rings is 1. The molecule has 4 rings (SSSR count). The molecule has 1 saturated heterocycles. The lowest BCUT2D eigenvalue weighted by Crippen LogP contribution is -2.39. The number of piperidine rings is 1. The van der Waals surface area contributed by atoms with Crippen molar-refractivity contribution >= 4 is 5.91 Å². The van der Waals surface area contributed by atoms with E-state index >= 15 is 0 Å². The van der Waals surface area contributed by atoms with Gasteiger partial charge in [-0.05, 0) is 49.9 Å². The minimum absolute atomic E-state index is 0.103. The van der Waals surface area contributed by atoms with E-state index in [0.29, 0.717) is 35.5 Å². The van der Waals surface area contributed by atoms with Gasteiger partial charge in [0.05, 0.1) is 23.5 Å². The molecule has 2 N–H and O–H groups in total. The van der Waals surface area contributed by atoms with E-state index in [9.17, 15) is 27.9 Å². The summed E-state index contributed by atoms with van der Waals surface area (Å²) in [6, 6.07) is 7.18. The van der Waals surface area contributed by atoms with Gasteiger partial charge < -0.3 is 14.6 Å². The molecule has 1 atom stereocenters. The molecule has 0 spiro atoms. The molecular weight excluding hydrogens is 449 g/mol. The molecule has 1 amide bonds. The Hall–Kier alpha value is -3.56. The Morgan fingerprint density at radius 2 is 1.94 bits per heavy atom. The largest absolute Gasteiger partial charge is 0.508 e. The molecule has 0 aliphatic carbocycles. The molecule has 1 fully saturated rings. The molecule has 1 aliphatic heterocycles. The zero-order chi connectivity index (χ0) is 24.5. The number of amides is 1. The van der Waals surface area contributed by atoms with Crippen molar-refractivity contribution in [2.75, 3.05) is 6.54 Å². The van der Waals surface area contributed by atoms with Gasteiger partial charge in [0, 0.05) is 36.8 Å². The zero-order valence-electron chi connectivity index (χ0n) is 18.6. The highest BCUT2D eigenvalue weighted by molar-refractivity contribution is 5.77. The Morgan fingerprint density at radius 1 is 1.21 bits per heavy atom. The van der Waals surface area contributed by atoms with Gasteiger partial charge in [-0.2, -0.15) is 18.3 Å². The van der Waals surface area contributed by atoms with E-state index in [-0.39, 0.29) is 36.2 Å². The molecule has 1 unspecified atom stereocenters. The van der Waals surface area contributed by atoms with E-state index in [2.05, 4.69) is 10.2 Å². The number of carbonyl (C=O) groups excluding carboxylic acids is 1. The number of pyridine rings is 1. The van der Waals surface area contributed by atoms with Crippen molar-refractivity contribution in [2.24, 2.45) is 0 Å². The van der Waals surface area contributed by atoms with Crippen LogP contribution in [0.2, 0.25) is 0 Å². The number of halogens is 3. The van der Waals surface area contributed by atoms with E-state index in [1.807, 2.05) is 0 Å². The van der Waals surface area contributed by atoms with Crippen LogP contribution >= 0.6 is 0 Å². The van der Waals surface area contributed by atoms with E-state index in [0.717, 1.165) is 31.0 Å². The molecule has 3 heterocycles. The number of rotatable bonds is 5. The van der Waals surface area contributed by atoms with E-state index < -0.39 is 11.7 Å². The standard InChI is InChI=1S/C24H25F3N4O3/c1-15-12-18(32)13-22(34)30(15)11-9-21(33)31-10-3-2-4-20(31)23-19(14-28-29-23)16-5-7-17(8-6-16)24(25,26)27/h5-8,12-14,20,32H,2-4,9-11H2,1H3,(H,28,29). The number of nitrogens with one attached hydrogen (secondary N) is 1. The van der Waals surface area contributed by atoms with Crippen LogP contribution in [0.1, 0.15) is 48.7 Å². The van der Waals surface area contributed by atoms with Gasteiger partial charge in [0.2, 0.25) is 5.91 Å². The molecule has 34 heavy (non-hydrogen) atoms. The zero-order valence-corrected chi connectivity index (χ0v) is 18.6. The van der Waals surface area contributed by atoms with Crippen LogP contribution in [0.15, 0.2) is 47.4 Å². The van der Waals surface area contributed by atoms with Crippen LogP contribution in [0.3, 0.4) is 0 Å². The molecule has 0 radical (unpaired) electrons. The van der Waals surface area contributed by atoms with Crippen molar-refractivity contribution < 1.29 is 23.1 Å². The molecule has 0 saturated carbocycles. The summed E-state index contributed by atoms with van der Waals surface area (Å²) in [5.74, 6) is -0.242. The second-order valence-electron chi connectivity index (χ2n) is 8.47. The number of aryl methyl sites for hydroxylation is 1. The molecule has 7 nitrogen and oxygen atoms in total. The van der Waals surface area contributed by atoms with Crippen LogP contribution in [-0.2, 0) is 17.5 Å². The van der Waals surface area contributed by atoms with Gasteiger partial charge in [-0.3, -0.25) is 14.7 Å². The van der Waals surface area contributed by atoms with Crippen molar-refractivity contribution in [3.8, 4) is 16.9 Å². The third-order valence-electron chi connectivity index (χ3n) is 6.22. The first-order valence-electron chi connectivity index (χ1n) is 11.1. The third-order valence-corrected chi connectivity index (χ3v) is 6.22. The smallest absolute Gasteiger partial charge is 0.416 e. The molecular formula is C24H25F3N4O3. The number of carbonyl (C=O) groups is 1. The van der Waals surface area contributed by atoms with Gasteiger partial charge >= 0.3 is 6.18 Å². The maximum atomic E-state index is 13.2. The van der Waals surface area contributed by atoms with Crippen LogP contribution in [0.4, 0.5) is 13.2 Å². The van der Waals surface area contributed by atoms with Crippen molar-refractivity contribution in [2.45, 2.75) is 51.4 Å². The fraction of sp³-hybridized carbons (Fsp3) is 0.375. The van der Waals surface area contributed by atoms with Gasteiger partial charge in [0.15, 0.2) is 0 Å². The number of H-pyrrole nitrogens is 1. The van der Waals surface area contributed by atoms with Crippen LogP contribution in [0, 0.1) is 6.92 Å². The van der Waals surface area contributed by atoms with Crippen LogP contribution in [-0.4, -0.2) is 37.2 Å². The third kappa shape index (κ3) is 4.85. The van der Waals surface area contributed by atoms with Crippen molar-refractivity contribution in [3.05, 3.63) is 69.9 Å². The Balaban J connectivity index is 1.55. The van der Waals surface area contributed by atoms with E-state index in [4.69, 9.17) is 0 Å². The average molecular weight is 474 g/mol. The second-order valence-corrected chi connectivity index (χ2v) is 8.47. The Kier molecular flexibility index (Phi) is 6.49. The Morgan fingerprint density at radius 3 is 2.62 bits per heavy atom. The summed E-state index contributed by atoms with van der Waals surface area (Å²) in [5.41, 5.74) is 1.39. The lowest BCUT2D eigenvalue weighted by atomic mass is 9.94. The van der Waals surface area contributed by atoms with Crippen LogP contribution < -0.4 is 5.56 Å². The number of likely N-dealkylation sites (tertiary alicyclic amines) is 1. The highest BCUT2D eigenvalue weighted by Gasteiger charge is 2.32. The fourth-order valence-electron chi connectivity index (χ4n) is 4.50. The van der Waals surface area contributed by atoms with E-state index in [1.54, 1.807) is 18.0 Å². The summed E-state index contributed by atoms with van der Waals surface area (Å²) in [7, 11) is 0. The monoisotopic (exact) mass is 474 g/mol. The first-order chi connectivity index (χ1) is 16.1. The van der Waals surface area contributed by atoms with Crippen molar-refractivity contribution in [3.63, 3.8) is 0 Å². The van der Waals surface area contributed by atoms with Gasteiger partial charge in [-0.15, -0.1) is 0 Å². The maximum Gasteiger partial charge on any atom is 0.416 e. The summed E-state index contributed by atoms with van der Waals surface area (Å²) >= 11 is 0. The topological polar surface area (TPSA) is 91.2 Å². The number of aromatic hydroxyl groups is 1. The molecule has 10 heteroatoms. The highest BCUT2D eigenvalue weighted by atomic mass is 19.4. The molecule has 0 bridgehead atoms. The number of hydrogen-bond donors (Lipinski definition) is 2. The van der Waals surface area contributed by atoms with Gasteiger partial charge in [-0.25, -0.2) is 0 Å². The van der Waals surface area contributed by atoms with Crippen LogP contribution in [0.5, 0.6) is 5.75 Å². The van der Waals surface area contributed by atoms with Crippen molar-refractivity contribution in [1.82, 2.24) is 19.7 Å². The molecule has 180 valence electrons. The minimum Gasteiger partial charge on any atom is -0.508 e. The summed E-state index contributed by atoms with van der Waals surface area (Å²) in [4.78, 5) is 27.1. The number of nitrogens with zero attached hydrogens (tertiary/aromatic N) is 3. The van der Waals surface area contributed by atoms with Gasteiger partial charge in [-0.1, -0.05) is 12.1 Å². The minimum atomic E-state index is -4.41. The Bertz CT molecular complexity index is 1230. The van der Waals surface area contributed by atoms with Gasteiger partial charge in [0.1, 0.15) is 5.75 Å². The molecule has 1 aliphatic rings. The first-order valence-corrected chi connectivity index (χ1v) is 11.1. The molecule has 3 aromatic rings. The Labute approximate surface area is 193 Å². The lowest BCUT2D eigenvalue weighted by Gasteiger charge is -2.36. The SMILES string of the molecule is Cc1cc(O)cc(=O)n1CCC(=O)N1CCCCC1c1[nH]ncc1-c1ccc(C(F)(F)F)cc1. The summed E-state index contributed by atoms with van der Waals surface area (Å²) in [5, 5.41) is 16.6. The highest BCUT2D eigenvalue weighted by Crippen LogP contribution is 2.37. The second kappa shape index (κ2) is 9.36. The summed E-state index contributed by atoms with van der Waals surface area (Å²) in [6.45, 7) is 2.41. The lowest BCUT2D eigenvalue weighted by molar-refractivity contribution is -0.137. The number of alkyl halides is 3. The number of aromatic amines is 1. The normalized spacial score (nSPS) is 16.6. The fourth-order valence-corrected chi connectivity index (χ4v) is 4.50. The molecule has 1 aromatic carbocycles. The van der Waals surface area contributed by atoms with E-state index in [1.165, 1.54) is 22.8 Å². The van der Waals surface area contributed by atoms with Crippen molar-refractivity contribution in [1.29, 1.82) is 0 Å². The van der Waals surface area contributed by atoms with Gasteiger partial charge in [0.25, 0.3) is 5.56 Å². The maximum absolute atomic E-state index is 13.2. The summed E-state index contributed by atoms with van der Waals surface area (Å²) in [6.07, 6.45) is -0.317. The number of hydrogen-bond acceptors (Lipinski definition) is 4. The van der Waals surface area contributed by atoms with Crippen LogP contribution in [0.25, 0.3) is 11.1 Å². The quantitative estimate of drug-likeness (QED) is 0.573. The summed E-state index contributed by atoms with van der Waals surface area (Å²) < 4.78 is 40.3. The predicted octanol–water partition coefficient (Wildman–Crippen LogP) is 4.42. The molecule has 2 aromatic heterocycles. The average Bonchev–Trinajstić information content (AvgIpc) is 3.27. The first kappa shape index (κ1) is 23.6. The number of aromatic nitrogens is 3.